The molecule has 1 aromatic rings. The molecule has 0 radical (unpaired) electrons. The summed E-state index contributed by atoms with van der Waals surface area (Å²) in [6, 6.07) is 7.27. The molecule has 19 heavy (non-hydrogen) atoms. The molecular formula is C16H25BrN2. The van der Waals surface area contributed by atoms with Gasteiger partial charge in [-0.15, -0.1) is 0 Å². The highest BCUT2D eigenvalue weighted by Crippen LogP contribution is 2.37. The topological polar surface area (TPSA) is 15.3 Å². The summed E-state index contributed by atoms with van der Waals surface area (Å²) in [7, 11) is 0. The molecule has 1 N–H and O–H groups in total. The van der Waals surface area contributed by atoms with Crippen LogP contribution < -0.4 is 10.2 Å². The summed E-state index contributed by atoms with van der Waals surface area (Å²) < 4.78 is 1.21. The third kappa shape index (κ3) is 3.51. The quantitative estimate of drug-likeness (QED) is 0.886. The van der Waals surface area contributed by atoms with Crippen molar-refractivity contribution in [1.29, 1.82) is 0 Å². The Kier molecular flexibility index (Phi) is 4.57. The van der Waals surface area contributed by atoms with Gasteiger partial charge in [0.05, 0.1) is 5.69 Å². The van der Waals surface area contributed by atoms with E-state index in [1.165, 1.54) is 28.6 Å². The van der Waals surface area contributed by atoms with Crippen LogP contribution in [-0.2, 0) is 6.54 Å². The molecule has 0 saturated carbocycles. The molecule has 2 nitrogen and oxygen atoms in total. The zero-order valence-corrected chi connectivity index (χ0v) is 14.0. The van der Waals surface area contributed by atoms with E-state index in [0.29, 0.717) is 6.04 Å². The van der Waals surface area contributed by atoms with Crippen molar-refractivity contribution < 1.29 is 0 Å². The van der Waals surface area contributed by atoms with Crippen molar-refractivity contribution >= 4 is 21.6 Å². The van der Waals surface area contributed by atoms with Crippen LogP contribution in [0.25, 0.3) is 0 Å². The lowest BCUT2D eigenvalue weighted by Gasteiger charge is -2.34. The summed E-state index contributed by atoms with van der Waals surface area (Å²) in [5, 5.41) is 3.46. The number of nitrogens with zero attached hydrogens (tertiary/aromatic N) is 1. The number of benzene rings is 1. The summed E-state index contributed by atoms with van der Waals surface area (Å²) >= 11 is 3.75. The fourth-order valence-electron chi connectivity index (χ4n) is 2.76. The third-order valence-electron chi connectivity index (χ3n) is 3.92. The summed E-state index contributed by atoms with van der Waals surface area (Å²) in [5.74, 6) is 0. The molecule has 0 amide bonds. The Balaban J connectivity index is 2.15. The number of hydrogen-bond acceptors (Lipinski definition) is 2. The molecule has 1 aliphatic rings. The van der Waals surface area contributed by atoms with Gasteiger partial charge in [0.15, 0.2) is 0 Å². The second kappa shape index (κ2) is 5.84. The molecule has 1 saturated heterocycles. The average molecular weight is 325 g/mol. The molecule has 0 unspecified atom stereocenters. The van der Waals surface area contributed by atoms with Crippen LogP contribution in [0, 0.1) is 0 Å². The molecule has 0 aromatic heterocycles. The Bertz CT molecular complexity index is 440. The SMILES string of the molecule is CC(C)NCc1ccc(N2CCCC2(C)C)c(Br)c1. The normalized spacial score (nSPS) is 18.3. The highest BCUT2D eigenvalue weighted by molar-refractivity contribution is 9.10. The maximum absolute atomic E-state index is 3.75. The van der Waals surface area contributed by atoms with Gasteiger partial charge in [0.25, 0.3) is 0 Å². The largest absolute Gasteiger partial charge is 0.366 e. The van der Waals surface area contributed by atoms with E-state index in [9.17, 15) is 0 Å². The Labute approximate surface area is 125 Å². The minimum atomic E-state index is 0.278. The first-order chi connectivity index (χ1) is 8.90. The van der Waals surface area contributed by atoms with E-state index in [4.69, 9.17) is 0 Å². The van der Waals surface area contributed by atoms with Gasteiger partial charge in [0, 0.05) is 29.1 Å². The second-order valence-electron chi connectivity index (χ2n) is 6.39. The van der Waals surface area contributed by atoms with Crippen molar-refractivity contribution in [3.05, 3.63) is 28.2 Å². The van der Waals surface area contributed by atoms with Crippen LogP contribution in [0.15, 0.2) is 22.7 Å². The highest BCUT2D eigenvalue weighted by Gasteiger charge is 2.32. The number of halogens is 1. The lowest BCUT2D eigenvalue weighted by atomic mass is 10.0. The Morgan fingerprint density at radius 3 is 2.63 bits per heavy atom. The third-order valence-corrected chi connectivity index (χ3v) is 4.55. The highest BCUT2D eigenvalue weighted by atomic mass is 79.9. The Morgan fingerprint density at radius 2 is 2.11 bits per heavy atom. The van der Waals surface area contributed by atoms with E-state index in [1.54, 1.807) is 0 Å². The number of hydrogen-bond donors (Lipinski definition) is 1. The van der Waals surface area contributed by atoms with E-state index in [-0.39, 0.29) is 5.54 Å². The molecule has 0 aliphatic carbocycles. The Morgan fingerprint density at radius 1 is 1.37 bits per heavy atom. The van der Waals surface area contributed by atoms with E-state index >= 15 is 0 Å². The van der Waals surface area contributed by atoms with Gasteiger partial charge in [-0.3, -0.25) is 0 Å². The van der Waals surface area contributed by atoms with Gasteiger partial charge in [-0.05, 0) is 60.3 Å². The first kappa shape index (κ1) is 14.9. The molecule has 0 spiro atoms. The monoisotopic (exact) mass is 324 g/mol. The standard InChI is InChI=1S/C16H25BrN2/c1-12(2)18-11-13-6-7-15(14(17)10-13)19-9-5-8-16(19,3)4/h6-7,10,12,18H,5,8-9,11H2,1-4H3. The maximum Gasteiger partial charge on any atom is 0.0515 e. The van der Waals surface area contributed by atoms with Crippen molar-refractivity contribution in [2.45, 2.75) is 58.7 Å². The Hall–Kier alpha value is -0.540. The molecule has 1 aromatic carbocycles. The zero-order valence-electron chi connectivity index (χ0n) is 12.5. The van der Waals surface area contributed by atoms with Gasteiger partial charge in [-0.2, -0.15) is 0 Å². The number of nitrogens with one attached hydrogen (secondary N) is 1. The van der Waals surface area contributed by atoms with Crippen molar-refractivity contribution in [1.82, 2.24) is 5.32 Å². The van der Waals surface area contributed by atoms with Crippen LogP contribution in [0.2, 0.25) is 0 Å². The van der Waals surface area contributed by atoms with Crippen LogP contribution in [0.3, 0.4) is 0 Å². The van der Waals surface area contributed by atoms with Crippen LogP contribution in [0.4, 0.5) is 5.69 Å². The molecule has 106 valence electrons. The molecular weight excluding hydrogens is 300 g/mol. The van der Waals surface area contributed by atoms with Gasteiger partial charge >= 0.3 is 0 Å². The lowest BCUT2D eigenvalue weighted by Crippen LogP contribution is -2.38. The van der Waals surface area contributed by atoms with Gasteiger partial charge in [-0.25, -0.2) is 0 Å². The van der Waals surface area contributed by atoms with Crippen LogP contribution >= 0.6 is 15.9 Å². The van der Waals surface area contributed by atoms with E-state index in [1.807, 2.05) is 0 Å². The van der Waals surface area contributed by atoms with E-state index in [2.05, 4.69) is 72.0 Å². The predicted octanol–water partition coefficient (Wildman–Crippen LogP) is 4.33. The first-order valence-corrected chi connectivity index (χ1v) is 7.99. The minimum Gasteiger partial charge on any atom is -0.366 e. The van der Waals surface area contributed by atoms with Crippen LogP contribution in [-0.4, -0.2) is 18.1 Å². The van der Waals surface area contributed by atoms with E-state index in [0.717, 1.165) is 13.1 Å². The van der Waals surface area contributed by atoms with Gasteiger partial charge in [-0.1, -0.05) is 19.9 Å². The average Bonchev–Trinajstić information content (AvgIpc) is 2.66. The molecule has 2 rings (SSSR count). The molecule has 1 aliphatic heterocycles. The summed E-state index contributed by atoms with van der Waals surface area (Å²) in [5.41, 5.74) is 2.94. The molecule has 3 heteroatoms. The maximum atomic E-state index is 3.75. The van der Waals surface area contributed by atoms with Crippen molar-refractivity contribution in [2.24, 2.45) is 0 Å². The second-order valence-corrected chi connectivity index (χ2v) is 7.24. The molecule has 1 fully saturated rings. The van der Waals surface area contributed by atoms with Crippen molar-refractivity contribution in [3.8, 4) is 0 Å². The van der Waals surface area contributed by atoms with Gasteiger partial charge in [0.1, 0.15) is 0 Å². The van der Waals surface area contributed by atoms with Crippen LogP contribution in [0.1, 0.15) is 46.1 Å². The smallest absolute Gasteiger partial charge is 0.0515 e. The van der Waals surface area contributed by atoms with Crippen LogP contribution in [0.5, 0.6) is 0 Å². The predicted molar refractivity (Wildman–Crippen MR) is 86.8 cm³/mol. The molecule has 0 atom stereocenters. The molecule has 1 heterocycles. The zero-order chi connectivity index (χ0) is 14.0. The minimum absolute atomic E-state index is 0.278. The van der Waals surface area contributed by atoms with Crippen molar-refractivity contribution in [3.63, 3.8) is 0 Å². The first-order valence-electron chi connectivity index (χ1n) is 7.19. The summed E-state index contributed by atoms with van der Waals surface area (Å²) in [4.78, 5) is 2.52. The molecule has 0 bridgehead atoms. The van der Waals surface area contributed by atoms with Crippen molar-refractivity contribution in [2.75, 3.05) is 11.4 Å². The lowest BCUT2D eigenvalue weighted by molar-refractivity contribution is 0.517. The summed E-state index contributed by atoms with van der Waals surface area (Å²) in [6.07, 6.45) is 2.56. The summed E-state index contributed by atoms with van der Waals surface area (Å²) in [6.45, 7) is 11.1. The number of anilines is 1. The van der Waals surface area contributed by atoms with Gasteiger partial charge < -0.3 is 10.2 Å². The fourth-order valence-corrected chi connectivity index (χ4v) is 3.40. The number of rotatable bonds is 4. The van der Waals surface area contributed by atoms with E-state index < -0.39 is 0 Å². The fraction of sp³-hybridized carbons (Fsp3) is 0.625. The van der Waals surface area contributed by atoms with Gasteiger partial charge in [0.2, 0.25) is 0 Å².